The van der Waals surface area contributed by atoms with Crippen molar-refractivity contribution in [1.29, 1.82) is 0 Å². The van der Waals surface area contributed by atoms with E-state index < -0.39 is 5.60 Å². The molecule has 0 bridgehead atoms. The van der Waals surface area contributed by atoms with Crippen molar-refractivity contribution in [3.05, 3.63) is 70.8 Å². The van der Waals surface area contributed by atoms with Gasteiger partial charge in [0.05, 0.1) is 26.9 Å². The Hall–Kier alpha value is -3.07. The van der Waals surface area contributed by atoms with Gasteiger partial charge in [-0.15, -0.1) is 0 Å². The Labute approximate surface area is 226 Å². The third-order valence-corrected chi connectivity index (χ3v) is 7.04. The highest BCUT2D eigenvalue weighted by molar-refractivity contribution is 5.43. The Morgan fingerprint density at radius 3 is 2.71 bits per heavy atom. The summed E-state index contributed by atoms with van der Waals surface area (Å²) in [6, 6.07) is 10.2. The molecule has 2 heterocycles. The number of benzene rings is 2. The summed E-state index contributed by atoms with van der Waals surface area (Å²) in [4.78, 5) is 6.56. The van der Waals surface area contributed by atoms with Crippen LogP contribution in [0.5, 0.6) is 17.2 Å². The first-order valence-electron chi connectivity index (χ1n) is 13.3. The van der Waals surface area contributed by atoms with Crippen molar-refractivity contribution in [3.8, 4) is 17.2 Å². The maximum Gasteiger partial charge on any atom is 0.161 e. The summed E-state index contributed by atoms with van der Waals surface area (Å²) in [5.74, 6) is 3.26. The maximum atomic E-state index is 11.4. The zero-order valence-electron chi connectivity index (χ0n) is 23.3. The molecule has 4 rings (SSSR count). The lowest BCUT2D eigenvalue weighted by Gasteiger charge is -2.31. The summed E-state index contributed by atoms with van der Waals surface area (Å²) in [6.45, 7) is 12.3. The number of ether oxygens (including phenoxy) is 4. The van der Waals surface area contributed by atoms with Gasteiger partial charge >= 0.3 is 0 Å². The van der Waals surface area contributed by atoms with Gasteiger partial charge in [0.2, 0.25) is 0 Å². The van der Waals surface area contributed by atoms with E-state index in [0.717, 1.165) is 47.8 Å². The van der Waals surface area contributed by atoms with Crippen molar-refractivity contribution in [2.45, 2.75) is 52.8 Å². The Balaban J connectivity index is 1.37. The number of rotatable bonds is 11. The Kier molecular flexibility index (Phi) is 9.31. The van der Waals surface area contributed by atoms with Crippen molar-refractivity contribution in [3.63, 3.8) is 0 Å². The molecule has 0 amide bonds. The molecule has 0 unspecified atom stereocenters. The molecule has 8 nitrogen and oxygen atoms in total. The van der Waals surface area contributed by atoms with Crippen LogP contribution in [0.2, 0.25) is 0 Å². The molecule has 0 radical (unpaired) electrons. The number of hydrogen-bond donors (Lipinski definition) is 1. The average molecular weight is 524 g/mol. The molecule has 1 aliphatic heterocycles. The lowest BCUT2D eigenvalue weighted by Crippen LogP contribution is -2.48. The number of imidazole rings is 1. The van der Waals surface area contributed by atoms with Crippen LogP contribution in [0.4, 0.5) is 0 Å². The summed E-state index contributed by atoms with van der Waals surface area (Å²) in [5.41, 5.74) is 3.38. The predicted octanol–water partition coefficient (Wildman–Crippen LogP) is 4.10. The van der Waals surface area contributed by atoms with Crippen LogP contribution < -0.4 is 14.2 Å². The number of aliphatic hydroxyl groups is 1. The molecule has 0 saturated carbocycles. The van der Waals surface area contributed by atoms with Gasteiger partial charge in [0.25, 0.3) is 0 Å². The minimum atomic E-state index is -1.11. The molecular weight excluding hydrogens is 482 g/mol. The lowest BCUT2D eigenvalue weighted by atomic mass is 10.0. The van der Waals surface area contributed by atoms with Crippen molar-refractivity contribution in [2.24, 2.45) is 0 Å². The highest BCUT2D eigenvalue weighted by Crippen LogP contribution is 2.29. The number of methoxy groups -OCH3 is 1. The first kappa shape index (κ1) is 28.0. The normalized spacial score (nSPS) is 18.3. The summed E-state index contributed by atoms with van der Waals surface area (Å²) >= 11 is 0. The fourth-order valence-electron chi connectivity index (χ4n) is 4.88. The molecule has 1 aromatic heterocycles. The first-order chi connectivity index (χ1) is 18.3. The fraction of sp³-hybridized carbons (Fsp3) is 0.500. The van der Waals surface area contributed by atoms with E-state index in [1.165, 1.54) is 5.56 Å². The van der Waals surface area contributed by atoms with Gasteiger partial charge in [-0.2, -0.15) is 0 Å². The van der Waals surface area contributed by atoms with E-state index in [9.17, 15) is 5.11 Å². The molecule has 1 saturated heterocycles. The highest BCUT2D eigenvalue weighted by atomic mass is 16.5. The van der Waals surface area contributed by atoms with Gasteiger partial charge in [0, 0.05) is 38.4 Å². The highest BCUT2D eigenvalue weighted by Gasteiger charge is 2.34. The Morgan fingerprint density at radius 2 is 1.92 bits per heavy atom. The number of nitrogens with zero attached hydrogens (tertiary/aromatic N) is 3. The molecular formula is C30H41N3O5. The van der Waals surface area contributed by atoms with Crippen LogP contribution in [-0.2, 0) is 24.2 Å². The Morgan fingerprint density at radius 1 is 1.08 bits per heavy atom. The van der Waals surface area contributed by atoms with E-state index in [2.05, 4.69) is 41.3 Å². The van der Waals surface area contributed by atoms with Crippen molar-refractivity contribution >= 4 is 0 Å². The van der Waals surface area contributed by atoms with Crippen molar-refractivity contribution in [2.75, 3.05) is 46.6 Å². The SMILES string of the molecule is CCc1nccn1CCOc1ccc(CN2CCOC[C@](O)(COc3cc(C)cc(C)c3C)C2)cc1OC. The van der Waals surface area contributed by atoms with E-state index in [1.54, 1.807) is 7.11 Å². The minimum absolute atomic E-state index is 0.167. The van der Waals surface area contributed by atoms with Gasteiger partial charge in [-0.1, -0.05) is 19.1 Å². The van der Waals surface area contributed by atoms with Crippen LogP contribution in [0.15, 0.2) is 42.7 Å². The third-order valence-electron chi connectivity index (χ3n) is 7.04. The molecule has 0 spiro atoms. The molecule has 0 aliphatic carbocycles. The topological polar surface area (TPSA) is 78.2 Å². The van der Waals surface area contributed by atoms with Gasteiger partial charge < -0.3 is 28.6 Å². The molecule has 3 aromatic rings. The fourth-order valence-corrected chi connectivity index (χ4v) is 4.88. The number of hydrogen-bond acceptors (Lipinski definition) is 7. The monoisotopic (exact) mass is 523 g/mol. The minimum Gasteiger partial charge on any atom is -0.493 e. The second kappa shape index (κ2) is 12.7. The quantitative estimate of drug-likeness (QED) is 0.405. The molecule has 1 atom stereocenters. The molecule has 206 valence electrons. The van der Waals surface area contributed by atoms with Crippen LogP contribution in [-0.4, -0.2) is 71.8 Å². The second-order valence-corrected chi connectivity index (χ2v) is 10.2. The molecule has 1 fully saturated rings. The zero-order valence-corrected chi connectivity index (χ0v) is 23.3. The largest absolute Gasteiger partial charge is 0.493 e. The van der Waals surface area contributed by atoms with Gasteiger partial charge in [0.15, 0.2) is 11.5 Å². The summed E-state index contributed by atoms with van der Waals surface area (Å²) in [7, 11) is 1.65. The third kappa shape index (κ3) is 7.07. The summed E-state index contributed by atoms with van der Waals surface area (Å²) in [6.07, 6.45) is 4.68. The molecule has 8 heteroatoms. The van der Waals surface area contributed by atoms with E-state index in [1.807, 2.05) is 43.6 Å². The maximum absolute atomic E-state index is 11.4. The Bertz CT molecular complexity index is 1210. The number of aryl methyl sites for hydroxylation is 3. The molecule has 38 heavy (non-hydrogen) atoms. The standard InChI is InChI=1S/C30H41N3O5/c1-6-29-31-9-10-33(29)12-14-37-26-8-7-25(17-28(26)35-5)18-32-11-13-36-20-30(34,19-32)21-38-27-16-22(2)15-23(3)24(27)4/h7-10,15-17,34H,6,11-14,18-21H2,1-5H3/t30-/m0/s1. The lowest BCUT2D eigenvalue weighted by molar-refractivity contribution is -0.0648. The van der Waals surface area contributed by atoms with Crippen LogP contribution in [0.3, 0.4) is 0 Å². The summed E-state index contributed by atoms with van der Waals surface area (Å²) < 4.78 is 25.7. The smallest absolute Gasteiger partial charge is 0.161 e. The second-order valence-electron chi connectivity index (χ2n) is 10.2. The van der Waals surface area contributed by atoms with Crippen molar-refractivity contribution in [1.82, 2.24) is 14.5 Å². The summed E-state index contributed by atoms with van der Waals surface area (Å²) in [5, 5.41) is 11.4. The van der Waals surface area contributed by atoms with Gasteiger partial charge in [0.1, 0.15) is 30.4 Å². The van der Waals surface area contributed by atoms with Crippen LogP contribution in [0.25, 0.3) is 0 Å². The number of β-amino-alcohol motifs (C(OH)–C–C–N with tert-alkyl or cyclic N) is 1. The zero-order chi connectivity index (χ0) is 27.1. The van der Waals surface area contributed by atoms with Crippen LogP contribution in [0.1, 0.15) is 35.0 Å². The van der Waals surface area contributed by atoms with Crippen LogP contribution >= 0.6 is 0 Å². The average Bonchev–Trinajstić information content (AvgIpc) is 3.27. The van der Waals surface area contributed by atoms with Gasteiger partial charge in [-0.25, -0.2) is 4.98 Å². The van der Waals surface area contributed by atoms with Crippen LogP contribution in [0, 0.1) is 20.8 Å². The molecule has 1 aliphatic rings. The first-order valence-corrected chi connectivity index (χ1v) is 13.3. The van der Waals surface area contributed by atoms with Gasteiger partial charge in [-0.05, 0) is 61.2 Å². The van der Waals surface area contributed by atoms with E-state index in [4.69, 9.17) is 18.9 Å². The molecule has 1 N–H and O–H groups in total. The van der Waals surface area contributed by atoms with E-state index >= 15 is 0 Å². The van der Waals surface area contributed by atoms with Crippen molar-refractivity contribution < 1.29 is 24.1 Å². The predicted molar refractivity (Wildman–Crippen MR) is 147 cm³/mol. The van der Waals surface area contributed by atoms with E-state index in [-0.39, 0.29) is 13.2 Å². The van der Waals surface area contributed by atoms with E-state index in [0.29, 0.717) is 37.8 Å². The number of aromatic nitrogens is 2. The molecule has 2 aromatic carbocycles. The van der Waals surface area contributed by atoms with Gasteiger partial charge in [-0.3, -0.25) is 4.90 Å².